The predicted octanol–water partition coefficient (Wildman–Crippen LogP) is 1.51. The van der Waals surface area contributed by atoms with Gasteiger partial charge in [-0.2, -0.15) is 0 Å². The minimum atomic E-state index is -0.106. The second-order valence-corrected chi connectivity index (χ2v) is 7.20. The van der Waals surface area contributed by atoms with E-state index in [9.17, 15) is 4.79 Å². The first-order valence-corrected chi connectivity index (χ1v) is 8.96. The molecule has 0 radical (unpaired) electrons. The molecule has 124 valence electrons. The zero-order valence-corrected chi connectivity index (χ0v) is 13.7. The average Bonchev–Trinajstić information content (AvgIpc) is 3.07. The molecular formula is C18H26N4O. The molecule has 3 fully saturated rings. The summed E-state index contributed by atoms with van der Waals surface area (Å²) in [5.74, 6) is 1.99. The molecule has 5 nitrogen and oxygen atoms in total. The Kier molecular flexibility index (Phi) is 3.97. The summed E-state index contributed by atoms with van der Waals surface area (Å²) in [6.07, 6.45) is 6.62. The maximum atomic E-state index is 13.3. The number of rotatable bonds is 2. The molecule has 3 aliphatic rings. The number of carbonyl (C=O) groups is 1. The maximum Gasteiger partial charge on any atom is 0.230 e. The van der Waals surface area contributed by atoms with Crippen LogP contribution in [0.15, 0.2) is 24.4 Å². The van der Waals surface area contributed by atoms with Crippen molar-refractivity contribution in [2.75, 3.05) is 44.2 Å². The fourth-order valence-electron chi connectivity index (χ4n) is 4.66. The van der Waals surface area contributed by atoms with E-state index in [-0.39, 0.29) is 5.41 Å². The van der Waals surface area contributed by atoms with Crippen LogP contribution in [0.25, 0.3) is 0 Å². The Hall–Kier alpha value is -1.62. The van der Waals surface area contributed by atoms with E-state index in [4.69, 9.17) is 0 Å². The fourth-order valence-corrected chi connectivity index (χ4v) is 4.66. The highest BCUT2D eigenvalue weighted by atomic mass is 16.2. The summed E-state index contributed by atoms with van der Waals surface area (Å²) in [6, 6.07) is 6.02. The first kappa shape index (κ1) is 14.9. The minimum absolute atomic E-state index is 0.106. The topological polar surface area (TPSA) is 48.5 Å². The number of nitrogens with one attached hydrogen (secondary N) is 1. The number of carbonyl (C=O) groups excluding carboxylic acids is 1. The summed E-state index contributed by atoms with van der Waals surface area (Å²) in [4.78, 5) is 22.1. The molecule has 1 N–H and O–H groups in total. The molecule has 1 aromatic rings. The Morgan fingerprint density at radius 2 is 2.09 bits per heavy atom. The number of hydrogen-bond acceptors (Lipinski definition) is 4. The van der Waals surface area contributed by atoms with Crippen LogP contribution < -0.4 is 10.2 Å². The molecule has 2 aliphatic heterocycles. The SMILES string of the molecule is O=C(N1CCN(c2ccccn2)CC1)[C@@]12CCCC[C@H]1CNC2. The molecule has 1 aliphatic carbocycles. The van der Waals surface area contributed by atoms with Crippen molar-refractivity contribution >= 4 is 11.7 Å². The zero-order valence-electron chi connectivity index (χ0n) is 13.7. The number of piperazine rings is 1. The van der Waals surface area contributed by atoms with Crippen molar-refractivity contribution in [3.8, 4) is 0 Å². The van der Waals surface area contributed by atoms with Gasteiger partial charge in [0.25, 0.3) is 0 Å². The van der Waals surface area contributed by atoms with Gasteiger partial charge in [0, 0.05) is 38.9 Å². The molecular weight excluding hydrogens is 288 g/mol. The van der Waals surface area contributed by atoms with Crippen molar-refractivity contribution in [3.05, 3.63) is 24.4 Å². The van der Waals surface area contributed by atoms with Gasteiger partial charge in [-0.3, -0.25) is 4.79 Å². The second-order valence-electron chi connectivity index (χ2n) is 7.20. The maximum absolute atomic E-state index is 13.3. The fraction of sp³-hybridized carbons (Fsp3) is 0.667. The van der Waals surface area contributed by atoms with Gasteiger partial charge in [0.1, 0.15) is 5.82 Å². The third-order valence-electron chi connectivity index (χ3n) is 6.00. The molecule has 0 aromatic carbocycles. The van der Waals surface area contributed by atoms with Crippen LogP contribution in [0.4, 0.5) is 5.82 Å². The summed E-state index contributed by atoms with van der Waals surface area (Å²) in [7, 11) is 0. The minimum Gasteiger partial charge on any atom is -0.353 e. The van der Waals surface area contributed by atoms with E-state index in [1.807, 2.05) is 24.4 Å². The van der Waals surface area contributed by atoms with Crippen LogP contribution in [0.5, 0.6) is 0 Å². The summed E-state index contributed by atoms with van der Waals surface area (Å²) >= 11 is 0. The molecule has 1 aromatic heterocycles. The molecule has 2 atom stereocenters. The lowest BCUT2D eigenvalue weighted by Gasteiger charge is -2.43. The first-order chi connectivity index (χ1) is 11.3. The van der Waals surface area contributed by atoms with Gasteiger partial charge in [-0.05, 0) is 37.4 Å². The molecule has 0 spiro atoms. The molecule has 1 amide bonds. The van der Waals surface area contributed by atoms with E-state index < -0.39 is 0 Å². The Labute approximate surface area is 138 Å². The van der Waals surface area contributed by atoms with Gasteiger partial charge < -0.3 is 15.1 Å². The van der Waals surface area contributed by atoms with Crippen LogP contribution in [-0.2, 0) is 4.79 Å². The van der Waals surface area contributed by atoms with Gasteiger partial charge in [0.2, 0.25) is 5.91 Å². The molecule has 1 saturated carbocycles. The van der Waals surface area contributed by atoms with E-state index in [2.05, 4.69) is 20.1 Å². The van der Waals surface area contributed by atoms with E-state index >= 15 is 0 Å². The highest BCUT2D eigenvalue weighted by Gasteiger charge is 2.51. The molecule has 4 rings (SSSR count). The van der Waals surface area contributed by atoms with Crippen molar-refractivity contribution in [1.82, 2.24) is 15.2 Å². The Bertz CT molecular complexity index is 555. The Morgan fingerprint density at radius 3 is 2.87 bits per heavy atom. The Morgan fingerprint density at radius 1 is 1.22 bits per heavy atom. The van der Waals surface area contributed by atoms with E-state index in [1.54, 1.807) is 0 Å². The van der Waals surface area contributed by atoms with Crippen LogP contribution in [0.2, 0.25) is 0 Å². The summed E-state index contributed by atoms with van der Waals surface area (Å²) in [6.45, 7) is 5.33. The van der Waals surface area contributed by atoms with Crippen LogP contribution in [-0.4, -0.2) is 55.1 Å². The van der Waals surface area contributed by atoms with E-state index in [0.717, 1.165) is 51.5 Å². The number of amides is 1. The highest BCUT2D eigenvalue weighted by molar-refractivity contribution is 5.84. The number of aromatic nitrogens is 1. The zero-order chi connectivity index (χ0) is 15.7. The number of fused-ring (bicyclic) bond motifs is 1. The lowest BCUT2D eigenvalue weighted by atomic mass is 9.67. The quantitative estimate of drug-likeness (QED) is 0.899. The monoisotopic (exact) mass is 314 g/mol. The molecule has 3 heterocycles. The van der Waals surface area contributed by atoms with Crippen LogP contribution >= 0.6 is 0 Å². The van der Waals surface area contributed by atoms with Crippen molar-refractivity contribution in [2.24, 2.45) is 11.3 Å². The van der Waals surface area contributed by atoms with Crippen molar-refractivity contribution < 1.29 is 4.79 Å². The second kappa shape index (κ2) is 6.11. The summed E-state index contributed by atoms with van der Waals surface area (Å²) < 4.78 is 0. The number of pyridine rings is 1. The molecule has 0 unspecified atom stereocenters. The standard InChI is InChI=1S/C18H26N4O/c23-17(18-7-3-1-5-15(18)13-19-14-18)22-11-9-21(10-12-22)16-6-2-4-8-20-16/h2,4,6,8,15,19H,1,3,5,7,9-14H2/t15-,18+/m0/s1. The van der Waals surface area contributed by atoms with Crippen LogP contribution in [0, 0.1) is 11.3 Å². The normalized spacial score (nSPS) is 31.0. The number of anilines is 1. The van der Waals surface area contributed by atoms with E-state index in [1.165, 1.54) is 19.3 Å². The lowest BCUT2D eigenvalue weighted by Crippen LogP contribution is -2.56. The smallest absolute Gasteiger partial charge is 0.230 e. The first-order valence-electron chi connectivity index (χ1n) is 8.96. The van der Waals surface area contributed by atoms with Crippen LogP contribution in [0.3, 0.4) is 0 Å². The number of hydrogen-bond donors (Lipinski definition) is 1. The third kappa shape index (κ3) is 2.61. The van der Waals surface area contributed by atoms with Crippen molar-refractivity contribution in [1.29, 1.82) is 0 Å². The van der Waals surface area contributed by atoms with Crippen LogP contribution in [0.1, 0.15) is 25.7 Å². The predicted molar refractivity (Wildman–Crippen MR) is 90.3 cm³/mol. The van der Waals surface area contributed by atoms with Gasteiger partial charge >= 0.3 is 0 Å². The van der Waals surface area contributed by atoms with Gasteiger partial charge in [0.15, 0.2) is 0 Å². The van der Waals surface area contributed by atoms with Gasteiger partial charge in [-0.25, -0.2) is 4.98 Å². The summed E-state index contributed by atoms with van der Waals surface area (Å²) in [5, 5.41) is 3.49. The lowest BCUT2D eigenvalue weighted by molar-refractivity contribution is -0.145. The molecule has 23 heavy (non-hydrogen) atoms. The van der Waals surface area contributed by atoms with Crippen molar-refractivity contribution in [2.45, 2.75) is 25.7 Å². The largest absolute Gasteiger partial charge is 0.353 e. The third-order valence-corrected chi connectivity index (χ3v) is 6.00. The van der Waals surface area contributed by atoms with E-state index in [0.29, 0.717) is 11.8 Å². The van der Waals surface area contributed by atoms with Gasteiger partial charge in [-0.15, -0.1) is 0 Å². The molecule has 5 heteroatoms. The Balaban J connectivity index is 1.43. The highest BCUT2D eigenvalue weighted by Crippen LogP contribution is 2.45. The average molecular weight is 314 g/mol. The van der Waals surface area contributed by atoms with Gasteiger partial charge in [-0.1, -0.05) is 18.9 Å². The van der Waals surface area contributed by atoms with Crippen molar-refractivity contribution in [3.63, 3.8) is 0 Å². The molecule has 0 bridgehead atoms. The molecule has 2 saturated heterocycles. The number of nitrogens with zero attached hydrogens (tertiary/aromatic N) is 3. The van der Waals surface area contributed by atoms with Gasteiger partial charge in [0.05, 0.1) is 5.41 Å². The summed E-state index contributed by atoms with van der Waals surface area (Å²) in [5.41, 5.74) is -0.106.